The van der Waals surface area contributed by atoms with Crippen molar-refractivity contribution in [3.8, 4) is 28.2 Å². The van der Waals surface area contributed by atoms with E-state index in [1.165, 1.54) is 21.5 Å². The van der Waals surface area contributed by atoms with Gasteiger partial charge in [0, 0.05) is 49.1 Å². The topological polar surface area (TPSA) is 57.0 Å². The van der Waals surface area contributed by atoms with Crippen molar-refractivity contribution in [2.45, 2.75) is 0 Å². The smallest absolute Gasteiger partial charge is 0.246 e. The number of furan rings is 2. The summed E-state index contributed by atoms with van der Waals surface area (Å²) in [4.78, 5) is 10.4. The Morgan fingerprint density at radius 3 is 1.98 bits per heavy atom. The lowest BCUT2D eigenvalue weighted by Gasteiger charge is -2.13. The van der Waals surface area contributed by atoms with E-state index < -0.39 is 0 Å². The molecule has 5 nitrogen and oxygen atoms in total. The Balaban J connectivity index is 1.20. The summed E-state index contributed by atoms with van der Waals surface area (Å²) in [7, 11) is 0. The van der Waals surface area contributed by atoms with Crippen molar-refractivity contribution in [2.24, 2.45) is 0 Å². The maximum absolute atomic E-state index is 7.09. The van der Waals surface area contributed by atoms with Gasteiger partial charge in [-0.2, -0.15) is 0 Å². The van der Waals surface area contributed by atoms with E-state index in [1.54, 1.807) is 0 Å². The fourth-order valence-electron chi connectivity index (χ4n) is 8.49. The van der Waals surface area contributed by atoms with Gasteiger partial charge in [-0.3, -0.25) is 0 Å². The summed E-state index contributed by atoms with van der Waals surface area (Å²) in [5, 5.41) is 10.2. The summed E-state index contributed by atoms with van der Waals surface area (Å²) in [5.74, 6) is 0. The van der Waals surface area contributed by atoms with E-state index in [0.29, 0.717) is 5.71 Å². The zero-order chi connectivity index (χ0) is 34.6. The van der Waals surface area contributed by atoms with Crippen LogP contribution in [0.25, 0.3) is 116 Å². The maximum Gasteiger partial charge on any atom is 0.246 e. The van der Waals surface area contributed by atoms with E-state index in [0.717, 1.165) is 88.4 Å². The first-order valence-corrected chi connectivity index (χ1v) is 17.8. The standard InChI is InChI=1S/C48H27N3O2/c1-2-14-29(15-3-1)42-43(50-48-44(49-42)36-22-9-11-24-39(36)52-48)30-16-12-17-31(27-30)51-38-23-10-8-21-35(38)40-33-19-6-7-20-34(33)41-37-26-25-28-13-4-5-18-32(28)46(37)53-47(41)45(40)51/h1-27H. The number of fused-ring (bicyclic) bond motifs is 15. The number of hydrogen-bond acceptors (Lipinski definition) is 4. The molecule has 53 heavy (non-hydrogen) atoms. The summed E-state index contributed by atoms with van der Waals surface area (Å²) in [6.45, 7) is 0. The number of aromatic nitrogens is 3. The van der Waals surface area contributed by atoms with Crippen molar-refractivity contribution in [2.75, 3.05) is 0 Å². The predicted octanol–water partition coefficient (Wildman–Crippen LogP) is 13.0. The molecule has 4 heterocycles. The maximum atomic E-state index is 7.09. The fourth-order valence-corrected chi connectivity index (χ4v) is 8.49. The van der Waals surface area contributed by atoms with Gasteiger partial charge in [0.05, 0.1) is 16.7 Å². The Labute approximate surface area is 302 Å². The highest BCUT2D eigenvalue weighted by atomic mass is 16.3. The molecule has 12 rings (SSSR count). The van der Waals surface area contributed by atoms with Crippen LogP contribution < -0.4 is 0 Å². The molecule has 0 atom stereocenters. The van der Waals surface area contributed by atoms with E-state index in [2.05, 4.69) is 126 Å². The van der Waals surface area contributed by atoms with Gasteiger partial charge in [-0.15, -0.1) is 0 Å². The van der Waals surface area contributed by atoms with Gasteiger partial charge in [-0.05, 0) is 52.6 Å². The third kappa shape index (κ3) is 3.96. The number of rotatable bonds is 3. The van der Waals surface area contributed by atoms with Crippen LogP contribution in [-0.4, -0.2) is 14.5 Å². The first-order valence-electron chi connectivity index (χ1n) is 17.8. The molecule has 246 valence electrons. The second-order valence-electron chi connectivity index (χ2n) is 13.7. The SMILES string of the molecule is c1ccc(-c2nc3c(nc2-c2cccc(-n4c5ccccc5c5c6ccccc6c6c7ccc8ccccc8c7oc6c54)c2)oc2ccccc23)cc1. The van der Waals surface area contributed by atoms with E-state index >= 15 is 0 Å². The lowest BCUT2D eigenvalue weighted by atomic mass is 9.98. The van der Waals surface area contributed by atoms with E-state index in [4.69, 9.17) is 18.8 Å². The average molecular weight is 678 g/mol. The van der Waals surface area contributed by atoms with Gasteiger partial charge in [-0.1, -0.05) is 127 Å². The molecule has 0 aliphatic carbocycles. The molecule has 12 aromatic rings. The number of benzene rings is 8. The predicted molar refractivity (Wildman–Crippen MR) is 217 cm³/mol. The van der Waals surface area contributed by atoms with Gasteiger partial charge in [0.2, 0.25) is 5.71 Å². The Bertz CT molecular complexity index is 3460. The molecular weight excluding hydrogens is 651 g/mol. The second-order valence-corrected chi connectivity index (χ2v) is 13.7. The molecule has 5 heteroatoms. The first-order chi connectivity index (χ1) is 26.3. The molecule has 0 aliphatic rings. The third-order valence-corrected chi connectivity index (χ3v) is 10.8. The summed E-state index contributed by atoms with van der Waals surface area (Å²) in [5.41, 5.74) is 10.5. The highest BCUT2D eigenvalue weighted by Gasteiger charge is 2.24. The summed E-state index contributed by atoms with van der Waals surface area (Å²) < 4.78 is 15.7. The molecule has 0 fully saturated rings. The first kappa shape index (κ1) is 28.5. The Morgan fingerprint density at radius 2 is 1.11 bits per heavy atom. The minimum absolute atomic E-state index is 0.519. The van der Waals surface area contributed by atoms with Gasteiger partial charge in [0.1, 0.15) is 22.4 Å². The molecule has 0 unspecified atom stereocenters. The molecule has 4 aromatic heterocycles. The van der Waals surface area contributed by atoms with Gasteiger partial charge >= 0.3 is 0 Å². The van der Waals surface area contributed by atoms with Crippen LogP contribution in [0.15, 0.2) is 173 Å². The summed E-state index contributed by atoms with van der Waals surface area (Å²) in [6.07, 6.45) is 0. The Kier molecular flexibility index (Phi) is 5.71. The largest absolute Gasteiger partial charge is 0.453 e. The quantitative estimate of drug-likeness (QED) is 0.187. The second kappa shape index (κ2) is 10.6. The lowest BCUT2D eigenvalue weighted by Crippen LogP contribution is -1.97. The minimum Gasteiger partial charge on any atom is -0.453 e. The van der Waals surface area contributed by atoms with E-state index in [1.807, 2.05) is 42.5 Å². The monoisotopic (exact) mass is 677 g/mol. The molecule has 0 saturated carbocycles. The van der Waals surface area contributed by atoms with Gasteiger partial charge < -0.3 is 13.4 Å². The third-order valence-electron chi connectivity index (χ3n) is 10.8. The van der Waals surface area contributed by atoms with E-state index in [-0.39, 0.29) is 0 Å². The fraction of sp³-hybridized carbons (Fsp3) is 0. The molecular formula is C48H27N3O2. The zero-order valence-electron chi connectivity index (χ0n) is 28.2. The molecule has 0 radical (unpaired) electrons. The van der Waals surface area contributed by atoms with Gasteiger partial charge in [0.15, 0.2) is 5.58 Å². The molecule has 0 spiro atoms. The number of para-hydroxylation sites is 2. The number of nitrogens with zero attached hydrogens (tertiary/aromatic N) is 3. The minimum atomic E-state index is 0.519. The Hall–Kier alpha value is -7.24. The molecule has 8 aromatic carbocycles. The molecule has 0 saturated heterocycles. The van der Waals surface area contributed by atoms with Crippen LogP contribution in [0.3, 0.4) is 0 Å². The zero-order valence-corrected chi connectivity index (χ0v) is 28.2. The summed E-state index contributed by atoms with van der Waals surface area (Å²) in [6, 6.07) is 57.2. The molecule has 0 aliphatic heterocycles. The van der Waals surface area contributed by atoms with Crippen LogP contribution >= 0.6 is 0 Å². The average Bonchev–Trinajstić information content (AvgIpc) is 3.91. The number of hydrogen-bond donors (Lipinski definition) is 0. The van der Waals surface area contributed by atoms with Crippen LogP contribution in [0.5, 0.6) is 0 Å². The van der Waals surface area contributed by atoms with Crippen LogP contribution in [0, 0.1) is 0 Å². The highest BCUT2D eigenvalue weighted by Crippen LogP contribution is 2.47. The molecule has 0 amide bonds. The summed E-state index contributed by atoms with van der Waals surface area (Å²) >= 11 is 0. The van der Waals surface area contributed by atoms with Crippen LogP contribution in [0.2, 0.25) is 0 Å². The van der Waals surface area contributed by atoms with Crippen molar-refractivity contribution in [3.05, 3.63) is 164 Å². The van der Waals surface area contributed by atoms with Crippen LogP contribution in [0.1, 0.15) is 0 Å². The van der Waals surface area contributed by atoms with Crippen molar-refractivity contribution in [3.63, 3.8) is 0 Å². The van der Waals surface area contributed by atoms with E-state index in [9.17, 15) is 0 Å². The molecule has 0 N–H and O–H groups in total. The molecule has 0 bridgehead atoms. The van der Waals surface area contributed by atoms with Gasteiger partial charge in [0.25, 0.3) is 0 Å². The van der Waals surface area contributed by atoms with Crippen molar-refractivity contribution < 1.29 is 8.83 Å². The van der Waals surface area contributed by atoms with Crippen molar-refractivity contribution >= 4 is 87.5 Å². The highest BCUT2D eigenvalue weighted by molar-refractivity contribution is 6.36. The van der Waals surface area contributed by atoms with Gasteiger partial charge in [-0.25, -0.2) is 9.97 Å². The van der Waals surface area contributed by atoms with Crippen LogP contribution in [-0.2, 0) is 0 Å². The Morgan fingerprint density at radius 1 is 0.434 bits per heavy atom. The normalized spacial score (nSPS) is 12.2. The van der Waals surface area contributed by atoms with Crippen molar-refractivity contribution in [1.82, 2.24) is 14.5 Å². The van der Waals surface area contributed by atoms with Crippen LogP contribution in [0.4, 0.5) is 0 Å². The van der Waals surface area contributed by atoms with Crippen molar-refractivity contribution in [1.29, 1.82) is 0 Å². The lowest BCUT2D eigenvalue weighted by molar-refractivity contribution is 0.653.